The van der Waals surface area contributed by atoms with E-state index in [1.807, 2.05) is 61.5 Å². The molecule has 0 aliphatic carbocycles. The number of carbonyl (C=O) groups excluding carboxylic acids is 1. The first-order valence-electron chi connectivity index (χ1n) is 7.41. The number of methoxy groups -OCH3 is 1. The Kier molecular flexibility index (Phi) is 5.83. The number of amides is 1. The summed E-state index contributed by atoms with van der Waals surface area (Å²) in [5.41, 5.74) is 2.09. The fraction of sp³-hybridized carbons (Fsp3) is 0.278. The lowest BCUT2D eigenvalue weighted by atomic mass is 10.1. The van der Waals surface area contributed by atoms with Crippen molar-refractivity contribution in [3.63, 3.8) is 0 Å². The van der Waals surface area contributed by atoms with Crippen LogP contribution in [0.1, 0.15) is 24.9 Å². The molecule has 4 heteroatoms. The molecule has 4 nitrogen and oxygen atoms in total. The average molecular weight is 298 g/mol. The molecule has 1 amide bonds. The van der Waals surface area contributed by atoms with Gasteiger partial charge in [0.1, 0.15) is 5.75 Å². The van der Waals surface area contributed by atoms with Crippen LogP contribution in [-0.4, -0.2) is 19.6 Å². The van der Waals surface area contributed by atoms with E-state index in [0.717, 1.165) is 17.0 Å². The molecule has 0 aliphatic rings. The SMILES string of the molecule is COc1ccc(NCCC(=O)NC(C)c2ccccc2)cc1. The predicted octanol–water partition coefficient (Wildman–Crippen LogP) is 3.37. The van der Waals surface area contributed by atoms with Crippen molar-refractivity contribution in [1.29, 1.82) is 0 Å². The highest BCUT2D eigenvalue weighted by Gasteiger charge is 2.08. The zero-order valence-electron chi connectivity index (χ0n) is 13.0. The van der Waals surface area contributed by atoms with Crippen LogP contribution < -0.4 is 15.4 Å². The number of anilines is 1. The molecule has 2 aromatic carbocycles. The van der Waals surface area contributed by atoms with E-state index in [9.17, 15) is 4.79 Å². The second-order valence-electron chi connectivity index (χ2n) is 5.11. The van der Waals surface area contributed by atoms with E-state index >= 15 is 0 Å². The summed E-state index contributed by atoms with van der Waals surface area (Å²) in [7, 11) is 1.64. The zero-order valence-corrected chi connectivity index (χ0v) is 13.0. The van der Waals surface area contributed by atoms with Crippen molar-refractivity contribution < 1.29 is 9.53 Å². The number of benzene rings is 2. The van der Waals surface area contributed by atoms with Gasteiger partial charge in [0.25, 0.3) is 0 Å². The van der Waals surface area contributed by atoms with Crippen LogP contribution in [0.25, 0.3) is 0 Å². The minimum Gasteiger partial charge on any atom is -0.497 e. The number of nitrogens with one attached hydrogen (secondary N) is 2. The van der Waals surface area contributed by atoms with Gasteiger partial charge in [0, 0.05) is 18.7 Å². The standard InChI is InChI=1S/C18H22N2O2/c1-14(15-6-4-3-5-7-15)20-18(21)12-13-19-16-8-10-17(22-2)11-9-16/h3-11,14,19H,12-13H2,1-2H3,(H,20,21). The maximum Gasteiger partial charge on any atom is 0.222 e. The normalized spacial score (nSPS) is 11.5. The Bertz CT molecular complexity index is 582. The van der Waals surface area contributed by atoms with Crippen molar-refractivity contribution in [3.05, 3.63) is 60.2 Å². The summed E-state index contributed by atoms with van der Waals surface area (Å²) in [4.78, 5) is 11.9. The van der Waals surface area contributed by atoms with Gasteiger partial charge >= 0.3 is 0 Å². The van der Waals surface area contributed by atoms with E-state index in [1.165, 1.54) is 0 Å². The van der Waals surface area contributed by atoms with Gasteiger partial charge < -0.3 is 15.4 Å². The van der Waals surface area contributed by atoms with Crippen molar-refractivity contribution in [3.8, 4) is 5.75 Å². The van der Waals surface area contributed by atoms with Gasteiger partial charge in [0.05, 0.1) is 13.2 Å². The van der Waals surface area contributed by atoms with Gasteiger partial charge in [0.2, 0.25) is 5.91 Å². The first-order chi connectivity index (χ1) is 10.7. The molecule has 0 saturated heterocycles. The first kappa shape index (κ1) is 15.9. The smallest absolute Gasteiger partial charge is 0.222 e. The van der Waals surface area contributed by atoms with Crippen LogP contribution in [-0.2, 0) is 4.79 Å². The summed E-state index contributed by atoms with van der Waals surface area (Å²) in [6.07, 6.45) is 0.434. The molecule has 0 fully saturated rings. The molecule has 0 heterocycles. The van der Waals surface area contributed by atoms with Gasteiger partial charge in [-0.3, -0.25) is 4.79 Å². The molecular weight excluding hydrogens is 276 g/mol. The van der Waals surface area contributed by atoms with E-state index in [1.54, 1.807) is 7.11 Å². The maximum absolute atomic E-state index is 11.9. The predicted molar refractivity (Wildman–Crippen MR) is 89.1 cm³/mol. The van der Waals surface area contributed by atoms with Crippen molar-refractivity contribution in [2.24, 2.45) is 0 Å². The summed E-state index contributed by atoms with van der Waals surface area (Å²) in [5.74, 6) is 0.859. The second kappa shape index (κ2) is 8.08. The van der Waals surface area contributed by atoms with Crippen molar-refractivity contribution in [1.82, 2.24) is 5.32 Å². The fourth-order valence-electron chi connectivity index (χ4n) is 2.17. The third kappa shape index (κ3) is 4.81. The first-order valence-corrected chi connectivity index (χ1v) is 7.41. The molecule has 1 atom stereocenters. The number of ether oxygens (including phenoxy) is 1. The highest BCUT2D eigenvalue weighted by atomic mass is 16.5. The topological polar surface area (TPSA) is 50.4 Å². The van der Waals surface area contributed by atoms with E-state index in [-0.39, 0.29) is 11.9 Å². The summed E-state index contributed by atoms with van der Waals surface area (Å²) in [5, 5.41) is 6.23. The van der Waals surface area contributed by atoms with Crippen LogP contribution in [0, 0.1) is 0 Å². The fourth-order valence-corrected chi connectivity index (χ4v) is 2.17. The van der Waals surface area contributed by atoms with Crippen LogP contribution >= 0.6 is 0 Å². The van der Waals surface area contributed by atoms with Crippen LogP contribution in [0.15, 0.2) is 54.6 Å². The van der Waals surface area contributed by atoms with Crippen LogP contribution in [0.5, 0.6) is 5.75 Å². The molecule has 2 rings (SSSR count). The minimum atomic E-state index is 0.0229. The maximum atomic E-state index is 11.9. The number of hydrogen-bond acceptors (Lipinski definition) is 3. The summed E-state index contributed by atoms with van der Waals surface area (Å²) in [6, 6.07) is 17.6. The quantitative estimate of drug-likeness (QED) is 0.824. The monoisotopic (exact) mass is 298 g/mol. The Morgan fingerprint density at radius 1 is 1.09 bits per heavy atom. The molecule has 0 aromatic heterocycles. The molecule has 1 unspecified atom stereocenters. The van der Waals surface area contributed by atoms with Crippen LogP contribution in [0.4, 0.5) is 5.69 Å². The van der Waals surface area contributed by atoms with E-state index in [0.29, 0.717) is 13.0 Å². The number of hydrogen-bond donors (Lipinski definition) is 2. The average Bonchev–Trinajstić information content (AvgIpc) is 2.56. The lowest BCUT2D eigenvalue weighted by Gasteiger charge is -2.14. The molecule has 0 aliphatic heterocycles. The third-order valence-electron chi connectivity index (χ3n) is 3.45. The lowest BCUT2D eigenvalue weighted by molar-refractivity contribution is -0.121. The van der Waals surface area contributed by atoms with Gasteiger partial charge in [0.15, 0.2) is 0 Å². The van der Waals surface area contributed by atoms with Gasteiger partial charge in [-0.05, 0) is 36.8 Å². The molecule has 0 spiro atoms. The van der Waals surface area contributed by atoms with Gasteiger partial charge in [-0.25, -0.2) is 0 Å². The molecule has 116 valence electrons. The van der Waals surface area contributed by atoms with Gasteiger partial charge in [-0.2, -0.15) is 0 Å². The Labute approximate surface area is 131 Å². The van der Waals surface area contributed by atoms with Crippen molar-refractivity contribution >= 4 is 11.6 Å². The molecule has 0 radical (unpaired) electrons. The highest BCUT2D eigenvalue weighted by molar-refractivity contribution is 5.77. The molecule has 0 saturated carbocycles. The van der Waals surface area contributed by atoms with Gasteiger partial charge in [-0.1, -0.05) is 30.3 Å². The Morgan fingerprint density at radius 2 is 1.77 bits per heavy atom. The highest BCUT2D eigenvalue weighted by Crippen LogP contribution is 2.15. The van der Waals surface area contributed by atoms with Crippen LogP contribution in [0.3, 0.4) is 0 Å². The minimum absolute atomic E-state index is 0.0229. The van der Waals surface area contributed by atoms with Gasteiger partial charge in [-0.15, -0.1) is 0 Å². The van der Waals surface area contributed by atoms with E-state index in [2.05, 4.69) is 10.6 Å². The van der Waals surface area contributed by atoms with Crippen molar-refractivity contribution in [2.45, 2.75) is 19.4 Å². The molecular formula is C18H22N2O2. The Balaban J connectivity index is 1.73. The largest absolute Gasteiger partial charge is 0.497 e. The molecule has 2 aromatic rings. The van der Waals surface area contributed by atoms with E-state index in [4.69, 9.17) is 4.74 Å². The summed E-state index contributed by atoms with van der Waals surface area (Å²) < 4.78 is 5.11. The second-order valence-corrected chi connectivity index (χ2v) is 5.11. The summed E-state index contributed by atoms with van der Waals surface area (Å²) >= 11 is 0. The van der Waals surface area contributed by atoms with Crippen LogP contribution in [0.2, 0.25) is 0 Å². The lowest BCUT2D eigenvalue weighted by Crippen LogP contribution is -2.28. The number of rotatable bonds is 7. The van der Waals surface area contributed by atoms with Crippen molar-refractivity contribution in [2.75, 3.05) is 19.0 Å². The third-order valence-corrected chi connectivity index (χ3v) is 3.45. The molecule has 22 heavy (non-hydrogen) atoms. The Morgan fingerprint density at radius 3 is 2.41 bits per heavy atom. The summed E-state index contributed by atoms with van der Waals surface area (Å²) in [6.45, 7) is 2.59. The molecule has 2 N–H and O–H groups in total. The Hall–Kier alpha value is -2.49. The number of carbonyl (C=O) groups is 1. The van der Waals surface area contributed by atoms with E-state index < -0.39 is 0 Å². The molecule has 0 bridgehead atoms. The zero-order chi connectivity index (χ0) is 15.8.